The second-order valence-corrected chi connectivity index (χ2v) is 12.7. The third kappa shape index (κ3) is 8.55. The maximum Gasteiger partial charge on any atom is 0.255 e. The monoisotopic (exact) mass is 678 g/mol. The van der Waals surface area contributed by atoms with Gasteiger partial charge in [-0.15, -0.1) is 0 Å². The molecule has 47 heavy (non-hydrogen) atoms. The summed E-state index contributed by atoms with van der Waals surface area (Å²) in [7, 11) is 0. The van der Waals surface area contributed by atoms with E-state index < -0.39 is 0 Å². The number of hydrogen-bond donors (Lipinski definition) is 2. The first-order chi connectivity index (χ1) is 22.6. The standard InChI is InChI=1S/C33H38N6O6S2/c1-5-26(40)34-20-13-15-24-23(18-20)37-31(38(24)28(42)7-3)33(45)47-17-11-9-10-16-46-32(44)30-36-22-14-12-21(35-27(41)6-2)19-25(22)39(30)29(43)8-4/h12-15,18-19H,5-11,16-17H2,1-4H3,(H,34,40)(H,35,41). The topological polar surface area (TPSA) is 162 Å². The molecule has 4 rings (SSSR count). The molecule has 2 heterocycles. The Labute approximate surface area is 280 Å². The molecule has 0 bridgehead atoms. The fourth-order valence-electron chi connectivity index (χ4n) is 4.74. The zero-order valence-electron chi connectivity index (χ0n) is 26.9. The summed E-state index contributed by atoms with van der Waals surface area (Å²) in [6, 6.07) is 10.0. The van der Waals surface area contributed by atoms with Crippen LogP contribution in [0, 0.1) is 0 Å². The average Bonchev–Trinajstić information content (AvgIpc) is 3.65. The van der Waals surface area contributed by atoms with Gasteiger partial charge < -0.3 is 10.6 Å². The third-order valence-corrected chi connectivity index (χ3v) is 9.12. The van der Waals surface area contributed by atoms with E-state index in [0.29, 0.717) is 70.6 Å². The molecule has 2 aromatic heterocycles. The molecule has 0 aliphatic carbocycles. The van der Waals surface area contributed by atoms with Crippen LogP contribution in [-0.4, -0.2) is 64.5 Å². The van der Waals surface area contributed by atoms with Gasteiger partial charge in [-0.25, -0.2) is 9.97 Å². The number of hydrogen-bond acceptors (Lipinski definition) is 10. The summed E-state index contributed by atoms with van der Waals surface area (Å²) in [4.78, 5) is 84.3. The number of aromatic nitrogens is 4. The predicted molar refractivity (Wildman–Crippen MR) is 187 cm³/mol. The van der Waals surface area contributed by atoms with Crippen LogP contribution in [0.5, 0.6) is 0 Å². The fourth-order valence-corrected chi connectivity index (χ4v) is 6.34. The Kier molecular flexibility index (Phi) is 12.5. The number of nitrogens with one attached hydrogen (secondary N) is 2. The van der Waals surface area contributed by atoms with Crippen LogP contribution in [-0.2, 0) is 9.59 Å². The molecule has 0 radical (unpaired) electrons. The van der Waals surface area contributed by atoms with E-state index >= 15 is 0 Å². The molecular weight excluding hydrogens is 641 g/mol. The Morgan fingerprint density at radius 1 is 0.596 bits per heavy atom. The molecule has 2 N–H and O–H groups in total. The molecule has 0 saturated heterocycles. The lowest BCUT2D eigenvalue weighted by atomic mass is 10.2. The van der Waals surface area contributed by atoms with E-state index in [2.05, 4.69) is 20.6 Å². The molecule has 0 atom stereocenters. The lowest BCUT2D eigenvalue weighted by molar-refractivity contribution is -0.116. The summed E-state index contributed by atoms with van der Waals surface area (Å²) in [5.41, 5.74) is 2.98. The Balaban J connectivity index is 1.32. The average molecular weight is 679 g/mol. The van der Waals surface area contributed by atoms with Gasteiger partial charge in [-0.05, 0) is 49.2 Å². The molecule has 248 valence electrons. The van der Waals surface area contributed by atoms with Crippen molar-refractivity contribution in [1.29, 1.82) is 0 Å². The van der Waals surface area contributed by atoms with E-state index in [0.717, 1.165) is 29.9 Å². The van der Waals surface area contributed by atoms with E-state index in [9.17, 15) is 28.8 Å². The Hall–Kier alpha value is -4.30. The van der Waals surface area contributed by atoms with Crippen molar-refractivity contribution < 1.29 is 28.8 Å². The summed E-state index contributed by atoms with van der Waals surface area (Å²) < 4.78 is 2.67. The quantitative estimate of drug-likeness (QED) is 0.136. The Morgan fingerprint density at radius 2 is 1.09 bits per heavy atom. The molecule has 0 fully saturated rings. The van der Waals surface area contributed by atoms with Gasteiger partial charge in [-0.2, -0.15) is 0 Å². The van der Waals surface area contributed by atoms with Crippen LogP contribution in [0.2, 0.25) is 0 Å². The normalized spacial score (nSPS) is 11.1. The van der Waals surface area contributed by atoms with Gasteiger partial charge in [0.05, 0.1) is 22.1 Å². The highest BCUT2D eigenvalue weighted by Crippen LogP contribution is 2.26. The summed E-state index contributed by atoms with van der Waals surface area (Å²) in [5, 5.41) is 4.91. The van der Waals surface area contributed by atoms with Crippen LogP contribution in [0.3, 0.4) is 0 Å². The SMILES string of the molecule is CCC(=O)Nc1ccc2c(c1)nc(C(=O)SCCCCCSC(=O)c1nc3ccc(NC(=O)CC)cc3n1C(=O)CC)n2C(=O)CC. The zero-order valence-corrected chi connectivity index (χ0v) is 28.5. The molecule has 0 aliphatic heterocycles. The number of rotatable bonds is 14. The molecule has 0 aliphatic rings. The zero-order chi connectivity index (χ0) is 34.1. The van der Waals surface area contributed by atoms with Crippen molar-refractivity contribution >= 4 is 90.8 Å². The number of anilines is 2. The number of nitrogens with zero attached hydrogens (tertiary/aromatic N) is 4. The maximum absolute atomic E-state index is 13.1. The van der Waals surface area contributed by atoms with E-state index in [1.54, 1.807) is 64.1 Å². The second-order valence-electron chi connectivity index (χ2n) is 10.6. The lowest BCUT2D eigenvalue weighted by Gasteiger charge is -2.07. The number of amides is 2. The first-order valence-corrected chi connectivity index (χ1v) is 17.6. The van der Waals surface area contributed by atoms with Gasteiger partial charge >= 0.3 is 0 Å². The molecule has 0 unspecified atom stereocenters. The minimum absolute atomic E-state index is 0.0568. The van der Waals surface area contributed by atoms with Gasteiger partial charge in [-0.3, -0.25) is 37.9 Å². The van der Waals surface area contributed by atoms with Crippen LogP contribution >= 0.6 is 23.5 Å². The van der Waals surface area contributed by atoms with E-state index in [1.165, 1.54) is 9.13 Å². The first kappa shape index (κ1) is 35.6. The van der Waals surface area contributed by atoms with Gasteiger partial charge in [-0.1, -0.05) is 57.6 Å². The molecule has 14 heteroatoms. The van der Waals surface area contributed by atoms with Gasteiger partial charge in [0.25, 0.3) is 10.2 Å². The number of benzene rings is 2. The fraction of sp³-hybridized carbons (Fsp3) is 0.394. The van der Waals surface area contributed by atoms with Gasteiger partial charge in [0.1, 0.15) is 0 Å². The largest absolute Gasteiger partial charge is 0.326 e. The number of fused-ring (bicyclic) bond motifs is 2. The minimum Gasteiger partial charge on any atom is -0.326 e. The predicted octanol–water partition coefficient (Wildman–Crippen LogP) is 6.80. The van der Waals surface area contributed by atoms with Crippen LogP contribution < -0.4 is 10.6 Å². The summed E-state index contributed by atoms with van der Waals surface area (Å²) >= 11 is 2.18. The smallest absolute Gasteiger partial charge is 0.255 e. The molecule has 4 aromatic rings. The summed E-state index contributed by atoms with van der Waals surface area (Å²) in [5.74, 6) is 0.307. The van der Waals surface area contributed by atoms with Crippen molar-refractivity contribution in [1.82, 2.24) is 19.1 Å². The molecule has 12 nitrogen and oxygen atoms in total. The molecule has 2 amide bonds. The van der Waals surface area contributed by atoms with Crippen LogP contribution in [0.4, 0.5) is 11.4 Å². The summed E-state index contributed by atoms with van der Waals surface area (Å²) in [6.45, 7) is 6.92. The lowest BCUT2D eigenvalue weighted by Crippen LogP contribution is -2.16. The van der Waals surface area contributed by atoms with E-state index in [1.807, 2.05) is 0 Å². The van der Waals surface area contributed by atoms with Crippen LogP contribution in [0.15, 0.2) is 36.4 Å². The second kappa shape index (κ2) is 16.5. The third-order valence-electron chi connectivity index (χ3n) is 7.24. The van der Waals surface area contributed by atoms with Crippen molar-refractivity contribution in [2.45, 2.75) is 72.6 Å². The number of thioether (sulfide) groups is 2. The highest BCUT2D eigenvalue weighted by atomic mass is 32.2. The highest BCUT2D eigenvalue weighted by molar-refractivity contribution is 8.14. The molecule has 0 saturated carbocycles. The number of imidazole rings is 2. The molecule has 0 spiro atoms. The van der Waals surface area contributed by atoms with Crippen molar-refractivity contribution in [3.63, 3.8) is 0 Å². The number of carbonyl (C=O) groups is 6. The van der Waals surface area contributed by atoms with Crippen molar-refractivity contribution in [2.24, 2.45) is 0 Å². The van der Waals surface area contributed by atoms with E-state index in [-0.39, 0.29) is 58.3 Å². The molecule has 2 aromatic carbocycles. The van der Waals surface area contributed by atoms with Crippen molar-refractivity contribution in [3.05, 3.63) is 48.0 Å². The van der Waals surface area contributed by atoms with Gasteiger partial charge in [0.2, 0.25) is 23.6 Å². The number of unbranched alkanes of at least 4 members (excludes halogenated alkanes) is 2. The number of carbonyl (C=O) groups excluding carboxylic acids is 6. The van der Waals surface area contributed by atoms with Crippen molar-refractivity contribution in [3.8, 4) is 0 Å². The van der Waals surface area contributed by atoms with Gasteiger partial charge in [0.15, 0.2) is 11.6 Å². The van der Waals surface area contributed by atoms with Crippen molar-refractivity contribution in [2.75, 3.05) is 22.1 Å². The highest BCUT2D eigenvalue weighted by Gasteiger charge is 2.24. The van der Waals surface area contributed by atoms with Gasteiger partial charge in [0, 0.05) is 48.6 Å². The minimum atomic E-state index is -0.316. The Morgan fingerprint density at radius 3 is 1.62 bits per heavy atom. The molecular formula is C33H38N6O6S2. The van der Waals surface area contributed by atoms with E-state index in [4.69, 9.17) is 0 Å². The van der Waals surface area contributed by atoms with Crippen LogP contribution in [0.1, 0.15) is 103 Å². The van der Waals surface area contributed by atoms with Crippen LogP contribution in [0.25, 0.3) is 22.1 Å². The summed E-state index contributed by atoms with van der Waals surface area (Å²) in [6.07, 6.45) is 3.18. The Bertz CT molecular complexity index is 1830. The first-order valence-electron chi connectivity index (χ1n) is 15.7. The maximum atomic E-state index is 13.1.